The van der Waals surface area contributed by atoms with E-state index in [2.05, 4.69) is 55.2 Å². The molecular formula is C14H17BrN4. The molecule has 0 bridgehead atoms. The summed E-state index contributed by atoms with van der Waals surface area (Å²) in [5, 5.41) is 3.22. The number of hydrogen-bond donors (Lipinski definition) is 1. The molecule has 1 N–H and O–H groups in total. The summed E-state index contributed by atoms with van der Waals surface area (Å²) in [7, 11) is 0. The molecule has 1 aromatic heterocycles. The van der Waals surface area contributed by atoms with E-state index >= 15 is 0 Å². The Bertz CT molecular complexity index is 530. The highest BCUT2D eigenvalue weighted by molar-refractivity contribution is 9.10. The topological polar surface area (TPSA) is 41.1 Å². The SMILES string of the molecule is CCNc1ncnc(N(CC)c2ccccc2)c1Br. The van der Waals surface area contributed by atoms with Crippen molar-refractivity contribution in [3.8, 4) is 0 Å². The van der Waals surface area contributed by atoms with Crippen LogP contribution in [-0.2, 0) is 0 Å². The fraction of sp³-hybridized carbons (Fsp3) is 0.286. The maximum Gasteiger partial charge on any atom is 0.152 e. The number of nitrogens with one attached hydrogen (secondary N) is 1. The van der Waals surface area contributed by atoms with E-state index in [1.54, 1.807) is 6.33 Å². The molecule has 0 unspecified atom stereocenters. The molecule has 1 heterocycles. The molecule has 0 spiro atoms. The third-order valence-electron chi connectivity index (χ3n) is 2.76. The second-order valence-corrected chi connectivity index (χ2v) is 4.76. The molecule has 0 amide bonds. The minimum absolute atomic E-state index is 0.821. The first-order valence-electron chi connectivity index (χ1n) is 6.34. The number of hydrogen-bond acceptors (Lipinski definition) is 4. The van der Waals surface area contributed by atoms with Crippen molar-refractivity contribution in [1.82, 2.24) is 9.97 Å². The number of halogens is 1. The van der Waals surface area contributed by atoms with Crippen LogP contribution in [0, 0.1) is 0 Å². The minimum atomic E-state index is 0.821. The van der Waals surface area contributed by atoms with Gasteiger partial charge in [0.25, 0.3) is 0 Å². The van der Waals surface area contributed by atoms with Gasteiger partial charge in [-0.2, -0.15) is 0 Å². The van der Waals surface area contributed by atoms with E-state index in [0.29, 0.717) is 0 Å². The van der Waals surface area contributed by atoms with E-state index in [1.165, 1.54) is 0 Å². The van der Waals surface area contributed by atoms with Gasteiger partial charge in [-0.15, -0.1) is 0 Å². The Morgan fingerprint density at radius 1 is 1.16 bits per heavy atom. The second kappa shape index (κ2) is 6.52. The molecular weight excluding hydrogens is 304 g/mol. The zero-order valence-electron chi connectivity index (χ0n) is 11.1. The van der Waals surface area contributed by atoms with Gasteiger partial charge in [0.15, 0.2) is 5.82 Å². The Hall–Kier alpha value is -1.62. The molecule has 4 nitrogen and oxygen atoms in total. The number of anilines is 3. The molecule has 2 aromatic rings. The Balaban J connectivity index is 2.42. The van der Waals surface area contributed by atoms with Gasteiger partial charge in [-0.1, -0.05) is 18.2 Å². The minimum Gasteiger partial charge on any atom is -0.369 e. The third-order valence-corrected chi connectivity index (χ3v) is 3.49. The van der Waals surface area contributed by atoms with Crippen molar-refractivity contribution in [1.29, 1.82) is 0 Å². The Kier molecular flexibility index (Phi) is 4.74. The summed E-state index contributed by atoms with van der Waals surface area (Å²) in [6.45, 7) is 5.81. The number of nitrogens with zero attached hydrogens (tertiary/aromatic N) is 3. The maximum atomic E-state index is 4.40. The second-order valence-electron chi connectivity index (χ2n) is 3.97. The third kappa shape index (κ3) is 3.04. The predicted molar refractivity (Wildman–Crippen MR) is 83.0 cm³/mol. The van der Waals surface area contributed by atoms with Gasteiger partial charge in [-0.3, -0.25) is 0 Å². The summed E-state index contributed by atoms with van der Waals surface area (Å²) < 4.78 is 0.891. The van der Waals surface area contributed by atoms with Crippen LogP contribution in [0.5, 0.6) is 0 Å². The largest absolute Gasteiger partial charge is 0.369 e. The average Bonchev–Trinajstić information content (AvgIpc) is 2.45. The van der Waals surface area contributed by atoms with Crippen LogP contribution in [0.4, 0.5) is 17.3 Å². The lowest BCUT2D eigenvalue weighted by Gasteiger charge is -2.23. The van der Waals surface area contributed by atoms with Crippen LogP contribution < -0.4 is 10.2 Å². The fourth-order valence-corrected chi connectivity index (χ4v) is 2.46. The smallest absolute Gasteiger partial charge is 0.152 e. The van der Waals surface area contributed by atoms with Gasteiger partial charge in [0, 0.05) is 18.8 Å². The lowest BCUT2D eigenvalue weighted by molar-refractivity contribution is 0.966. The number of benzene rings is 1. The van der Waals surface area contributed by atoms with E-state index in [-0.39, 0.29) is 0 Å². The molecule has 0 saturated heterocycles. The van der Waals surface area contributed by atoms with E-state index in [4.69, 9.17) is 0 Å². The molecule has 0 aliphatic rings. The quantitative estimate of drug-likeness (QED) is 0.909. The molecule has 0 aliphatic heterocycles. The molecule has 0 atom stereocenters. The van der Waals surface area contributed by atoms with Gasteiger partial charge in [0.1, 0.15) is 16.6 Å². The van der Waals surface area contributed by atoms with Crippen LogP contribution in [-0.4, -0.2) is 23.1 Å². The van der Waals surface area contributed by atoms with Crippen molar-refractivity contribution in [3.05, 3.63) is 41.1 Å². The first-order valence-corrected chi connectivity index (χ1v) is 7.14. The zero-order chi connectivity index (χ0) is 13.7. The molecule has 0 aliphatic carbocycles. The molecule has 2 rings (SSSR count). The zero-order valence-corrected chi connectivity index (χ0v) is 12.7. The molecule has 0 radical (unpaired) electrons. The highest BCUT2D eigenvalue weighted by Crippen LogP contribution is 2.33. The molecule has 5 heteroatoms. The summed E-state index contributed by atoms with van der Waals surface area (Å²) in [5.41, 5.74) is 1.12. The van der Waals surface area contributed by atoms with Crippen molar-refractivity contribution in [2.45, 2.75) is 13.8 Å². The summed E-state index contributed by atoms with van der Waals surface area (Å²) in [4.78, 5) is 10.8. The van der Waals surface area contributed by atoms with Gasteiger partial charge in [-0.25, -0.2) is 9.97 Å². The number of aromatic nitrogens is 2. The van der Waals surface area contributed by atoms with Crippen molar-refractivity contribution >= 4 is 33.3 Å². The van der Waals surface area contributed by atoms with Gasteiger partial charge in [0.2, 0.25) is 0 Å². The Labute approximate surface area is 122 Å². The van der Waals surface area contributed by atoms with Gasteiger partial charge in [0.05, 0.1) is 0 Å². The van der Waals surface area contributed by atoms with Crippen molar-refractivity contribution in [3.63, 3.8) is 0 Å². The van der Waals surface area contributed by atoms with Gasteiger partial charge < -0.3 is 10.2 Å². The first kappa shape index (κ1) is 13.8. The number of para-hydroxylation sites is 1. The van der Waals surface area contributed by atoms with Crippen molar-refractivity contribution in [2.24, 2.45) is 0 Å². The highest BCUT2D eigenvalue weighted by atomic mass is 79.9. The van der Waals surface area contributed by atoms with Crippen LogP contribution in [0.25, 0.3) is 0 Å². The van der Waals surface area contributed by atoms with Crippen molar-refractivity contribution in [2.75, 3.05) is 23.3 Å². The monoisotopic (exact) mass is 320 g/mol. The van der Waals surface area contributed by atoms with E-state index in [0.717, 1.165) is 34.9 Å². The standard InChI is InChI=1S/C14H17BrN4/c1-3-16-13-12(15)14(18-10-17-13)19(4-2)11-8-6-5-7-9-11/h5-10H,3-4H2,1-2H3,(H,16,17,18). The molecule has 0 saturated carbocycles. The van der Waals surface area contributed by atoms with Crippen LogP contribution in [0.2, 0.25) is 0 Å². The number of rotatable bonds is 5. The molecule has 1 aromatic carbocycles. The summed E-state index contributed by atoms with van der Waals surface area (Å²) in [5.74, 6) is 1.70. The lowest BCUT2D eigenvalue weighted by atomic mass is 10.3. The Morgan fingerprint density at radius 3 is 2.53 bits per heavy atom. The van der Waals surface area contributed by atoms with Crippen LogP contribution in [0.1, 0.15) is 13.8 Å². The van der Waals surface area contributed by atoms with Crippen LogP contribution in [0.3, 0.4) is 0 Å². The van der Waals surface area contributed by atoms with Crippen LogP contribution >= 0.6 is 15.9 Å². The highest BCUT2D eigenvalue weighted by Gasteiger charge is 2.15. The fourth-order valence-electron chi connectivity index (χ4n) is 1.90. The Morgan fingerprint density at radius 2 is 1.89 bits per heavy atom. The molecule has 19 heavy (non-hydrogen) atoms. The van der Waals surface area contributed by atoms with E-state index < -0.39 is 0 Å². The predicted octanol–water partition coefficient (Wildman–Crippen LogP) is 3.83. The maximum absolute atomic E-state index is 4.40. The molecule has 0 fully saturated rings. The summed E-state index contributed by atoms with van der Waals surface area (Å²) in [6, 6.07) is 10.2. The lowest BCUT2D eigenvalue weighted by Crippen LogP contribution is -2.18. The van der Waals surface area contributed by atoms with Gasteiger partial charge >= 0.3 is 0 Å². The first-order chi connectivity index (χ1) is 9.27. The van der Waals surface area contributed by atoms with Crippen LogP contribution in [0.15, 0.2) is 41.1 Å². The van der Waals surface area contributed by atoms with Crippen molar-refractivity contribution < 1.29 is 0 Å². The van der Waals surface area contributed by atoms with Gasteiger partial charge in [-0.05, 0) is 41.9 Å². The summed E-state index contributed by atoms with van der Waals surface area (Å²) in [6.07, 6.45) is 1.59. The van der Waals surface area contributed by atoms with E-state index in [9.17, 15) is 0 Å². The summed E-state index contributed by atoms with van der Waals surface area (Å²) >= 11 is 3.59. The normalized spacial score (nSPS) is 10.3. The van der Waals surface area contributed by atoms with E-state index in [1.807, 2.05) is 25.1 Å². The average molecular weight is 321 g/mol. The molecule has 100 valence electrons.